The molecule has 1 aliphatic rings. The lowest BCUT2D eigenvalue weighted by Crippen LogP contribution is -2.55. The molecule has 1 saturated heterocycles. The van der Waals surface area contributed by atoms with E-state index in [1.807, 2.05) is 0 Å². The van der Waals surface area contributed by atoms with Gasteiger partial charge in [0.25, 0.3) is 0 Å². The van der Waals surface area contributed by atoms with Gasteiger partial charge in [-0.1, -0.05) is 0 Å². The van der Waals surface area contributed by atoms with Crippen LogP contribution in [0, 0.1) is 0 Å². The smallest absolute Gasteiger partial charge is 0.306 e. The molecule has 1 aliphatic heterocycles. The second-order valence-corrected chi connectivity index (χ2v) is 5.49. The zero-order valence-corrected chi connectivity index (χ0v) is 12.7. The average molecular weight is 286 g/mol. The largest absolute Gasteiger partial charge is 0.466 e. The molecule has 0 unspecified atom stereocenters. The number of ether oxygens (including phenoxy) is 2. The topological polar surface area (TPSA) is 67.9 Å². The SMILES string of the molecule is CCOC(=O)CCC(=O)NCC(C)(C)N1CCOCC1. The molecule has 1 heterocycles. The van der Waals surface area contributed by atoms with Gasteiger partial charge in [0.1, 0.15) is 0 Å². The van der Waals surface area contributed by atoms with Crippen LogP contribution in [0.25, 0.3) is 0 Å². The average Bonchev–Trinajstić information content (AvgIpc) is 2.44. The minimum atomic E-state index is -0.324. The maximum atomic E-state index is 11.7. The Bertz CT molecular complexity index is 325. The highest BCUT2D eigenvalue weighted by atomic mass is 16.5. The van der Waals surface area contributed by atoms with Crippen molar-refractivity contribution >= 4 is 11.9 Å². The number of morpholine rings is 1. The van der Waals surface area contributed by atoms with Crippen molar-refractivity contribution in [2.45, 2.75) is 39.2 Å². The summed E-state index contributed by atoms with van der Waals surface area (Å²) in [7, 11) is 0. The molecule has 0 radical (unpaired) electrons. The van der Waals surface area contributed by atoms with Crippen molar-refractivity contribution in [3.05, 3.63) is 0 Å². The standard InChI is InChI=1S/C14H26N2O4/c1-4-20-13(18)6-5-12(17)15-11-14(2,3)16-7-9-19-10-8-16/h4-11H2,1-3H3,(H,15,17). The second kappa shape index (κ2) is 8.21. The molecule has 1 fully saturated rings. The quantitative estimate of drug-likeness (QED) is 0.693. The van der Waals surface area contributed by atoms with Gasteiger partial charge in [-0.05, 0) is 20.8 Å². The fourth-order valence-electron chi connectivity index (χ4n) is 2.13. The van der Waals surface area contributed by atoms with E-state index in [-0.39, 0.29) is 30.3 Å². The Morgan fingerprint density at radius 1 is 1.25 bits per heavy atom. The molecular weight excluding hydrogens is 260 g/mol. The Morgan fingerprint density at radius 2 is 1.90 bits per heavy atom. The highest BCUT2D eigenvalue weighted by Crippen LogP contribution is 2.15. The Hall–Kier alpha value is -1.14. The lowest BCUT2D eigenvalue weighted by molar-refractivity contribution is -0.144. The number of hydrogen-bond acceptors (Lipinski definition) is 5. The molecule has 0 aromatic rings. The first-order valence-corrected chi connectivity index (χ1v) is 7.21. The molecule has 116 valence electrons. The number of hydrogen-bond donors (Lipinski definition) is 1. The van der Waals surface area contributed by atoms with Gasteiger partial charge < -0.3 is 14.8 Å². The lowest BCUT2D eigenvalue weighted by atomic mass is 10.0. The van der Waals surface area contributed by atoms with Crippen molar-refractivity contribution < 1.29 is 19.1 Å². The molecule has 0 spiro atoms. The van der Waals surface area contributed by atoms with Gasteiger partial charge in [-0.2, -0.15) is 0 Å². The molecule has 1 rings (SSSR count). The zero-order valence-electron chi connectivity index (χ0n) is 12.7. The van der Waals surface area contributed by atoms with E-state index in [1.165, 1.54) is 0 Å². The van der Waals surface area contributed by atoms with Gasteiger partial charge in [0.15, 0.2) is 0 Å². The summed E-state index contributed by atoms with van der Waals surface area (Å²) >= 11 is 0. The Morgan fingerprint density at radius 3 is 2.50 bits per heavy atom. The van der Waals surface area contributed by atoms with E-state index >= 15 is 0 Å². The summed E-state index contributed by atoms with van der Waals surface area (Å²) in [5.74, 6) is -0.436. The maximum Gasteiger partial charge on any atom is 0.306 e. The first-order valence-electron chi connectivity index (χ1n) is 7.21. The Kier molecular flexibility index (Phi) is 6.95. The highest BCUT2D eigenvalue weighted by molar-refractivity contribution is 5.81. The normalized spacial score (nSPS) is 16.8. The first kappa shape index (κ1) is 16.9. The molecule has 1 N–H and O–H groups in total. The zero-order chi connectivity index (χ0) is 15.0. The number of esters is 1. The molecule has 6 nitrogen and oxygen atoms in total. The van der Waals surface area contributed by atoms with Crippen LogP contribution in [0.3, 0.4) is 0 Å². The predicted molar refractivity (Wildman–Crippen MR) is 75.3 cm³/mol. The van der Waals surface area contributed by atoms with Crippen molar-refractivity contribution in [1.29, 1.82) is 0 Å². The summed E-state index contributed by atoms with van der Waals surface area (Å²) in [6.07, 6.45) is 0.315. The molecule has 0 aromatic heterocycles. The van der Waals surface area contributed by atoms with Gasteiger partial charge in [-0.25, -0.2) is 0 Å². The summed E-state index contributed by atoms with van der Waals surface area (Å²) in [6, 6.07) is 0. The Balaban J connectivity index is 2.26. The van der Waals surface area contributed by atoms with E-state index < -0.39 is 0 Å². The van der Waals surface area contributed by atoms with Crippen LogP contribution in [0.15, 0.2) is 0 Å². The van der Waals surface area contributed by atoms with Gasteiger partial charge in [0.2, 0.25) is 5.91 Å². The summed E-state index contributed by atoms with van der Waals surface area (Å²) in [6.45, 7) is 10.1. The third-order valence-electron chi connectivity index (χ3n) is 3.45. The second-order valence-electron chi connectivity index (χ2n) is 5.49. The highest BCUT2D eigenvalue weighted by Gasteiger charge is 2.28. The summed E-state index contributed by atoms with van der Waals surface area (Å²) < 4.78 is 10.1. The van der Waals surface area contributed by atoms with Crippen molar-refractivity contribution in [2.24, 2.45) is 0 Å². The number of carbonyl (C=O) groups excluding carboxylic acids is 2. The fraction of sp³-hybridized carbons (Fsp3) is 0.857. The molecule has 0 aromatic carbocycles. The van der Waals surface area contributed by atoms with E-state index in [4.69, 9.17) is 9.47 Å². The summed E-state index contributed by atoms with van der Waals surface area (Å²) in [5.41, 5.74) is -0.108. The van der Waals surface area contributed by atoms with Gasteiger partial charge in [-0.15, -0.1) is 0 Å². The number of amides is 1. The van der Waals surface area contributed by atoms with Crippen LogP contribution in [0.1, 0.15) is 33.6 Å². The summed E-state index contributed by atoms with van der Waals surface area (Å²) in [4.78, 5) is 25.2. The molecule has 0 bridgehead atoms. The molecule has 1 amide bonds. The molecule has 20 heavy (non-hydrogen) atoms. The Labute approximate surface area is 120 Å². The van der Waals surface area contributed by atoms with Gasteiger partial charge >= 0.3 is 5.97 Å². The third-order valence-corrected chi connectivity index (χ3v) is 3.45. The van der Waals surface area contributed by atoms with Gasteiger partial charge in [-0.3, -0.25) is 14.5 Å². The molecule has 0 atom stereocenters. The molecule has 6 heteroatoms. The van der Waals surface area contributed by atoms with E-state index in [9.17, 15) is 9.59 Å². The van der Waals surface area contributed by atoms with Gasteiger partial charge in [0, 0.05) is 31.6 Å². The van der Waals surface area contributed by atoms with Crippen LogP contribution >= 0.6 is 0 Å². The monoisotopic (exact) mass is 286 g/mol. The number of rotatable bonds is 7. The van der Waals surface area contributed by atoms with E-state index in [0.717, 1.165) is 26.3 Å². The van der Waals surface area contributed by atoms with Crippen molar-refractivity contribution in [3.63, 3.8) is 0 Å². The maximum absolute atomic E-state index is 11.7. The third kappa shape index (κ3) is 5.88. The molecule has 0 aliphatic carbocycles. The fourth-order valence-corrected chi connectivity index (χ4v) is 2.13. The van der Waals surface area contributed by atoms with Gasteiger partial charge in [0.05, 0.1) is 26.2 Å². The van der Waals surface area contributed by atoms with Crippen LogP contribution < -0.4 is 5.32 Å². The number of carbonyl (C=O) groups is 2. The molecular formula is C14H26N2O4. The van der Waals surface area contributed by atoms with E-state index in [1.54, 1.807) is 6.92 Å². The summed E-state index contributed by atoms with van der Waals surface area (Å²) in [5, 5.41) is 2.89. The minimum Gasteiger partial charge on any atom is -0.466 e. The van der Waals surface area contributed by atoms with E-state index in [2.05, 4.69) is 24.1 Å². The van der Waals surface area contributed by atoms with Crippen molar-refractivity contribution in [1.82, 2.24) is 10.2 Å². The van der Waals surface area contributed by atoms with Crippen LogP contribution in [-0.2, 0) is 19.1 Å². The van der Waals surface area contributed by atoms with Crippen LogP contribution in [0.2, 0.25) is 0 Å². The van der Waals surface area contributed by atoms with Crippen LogP contribution in [0.4, 0.5) is 0 Å². The van der Waals surface area contributed by atoms with E-state index in [0.29, 0.717) is 13.2 Å². The van der Waals surface area contributed by atoms with Crippen molar-refractivity contribution in [3.8, 4) is 0 Å². The molecule has 0 saturated carbocycles. The van der Waals surface area contributed by atoms with Crippen LogP contribution in [0.5, 0.6) is 0 Å². The van der Waals surface area contributed by atoms with Crippen molar-refractivity contribution in [2.75, 3.05) is 39.5 Å². The van der Waals surface area contributed by atoms with Crippen LogP contribution in [-0.4, -0.2) is 61.8 Å². The number of nitrogens with one attached hydrogen (secondary N) is 1. The number of nitrogens with zero attached hydrogens (tertiary/aromatic N) is 1. The lowest BCUT2D eigenvalue weighted by Gasteiger charge is -2.40. The first-order chi connectivity index (χ1) is 9.45. The minimum absolute atomic E-state index is 0.108. The predicted octanol–water partition coefficient (Wildman–Crippen LogP) is 0.557.